The average Bonchev–Trinajstić information content (AvgIpc) is 2.58. The van der Waals surface area contributed by atoms with Gasteiger partial charge in [-0.2, -0.15) is 0 Å². The molecule has 11 heteroatoms. The maximum Gasteiger partial charge on any atom is 0.262 e. The summed E-state index contributed by atoms with van der Waals surface area (Å²) in [5.74, 6) is -0.0592. The third kappa shape index (κ3) is 5.94. The third-order valence-electron chi connectivity index (χ3n) is 3.53. The summed E-state index contributed by atoms with van der Waals surface area (Å²) in [5.41, 5.74) is 0.852. The number of nitrogens with zero attached hydrogens (tertiary/aromatic N) is 1. The molecule has 0 atom stereocenters. The Kier molecular flexibility index (Phi) is 6.08. The standard InChI is InChI=1S/C16H19N3O6S2/c1-19(26(2,21)22)13-5-7-14(8-6-13)25-11-16(20)18-12-3-9-15(10-4-12)27(17,23)24/h3-10H,11H2,1-2H3,(H,18,20)(H2,17,23,24). The Hall–Kier alpha value is -2.63. The number of ether oxygens (including phenoxy) is 1. The van der Waals surface area contributed by atoms with Gasteiger partial charge in [0, 0.05) is 12.7 Å². The number of anilines is 2. The van der Waals surface area contributed by atoms with E-state index in [2.05, 4.69) is 5.32 Å². The minimum Gasteiger partial charge on any atom is -0.484 e. The van der Waals surface area contributed by atoms with Crippen molar-refractivity contribution in [3.63, 3.8) is 0 Å². The molecular formula is C16H19N3O6S2. The zero-order chi connectivity index (χ0) is 20.2. The van der Waals surface area contributed by atoms with Gasteiger partial charge in [-0.3, -0.25) is 9.10 Å². The number of benzene rings is 2. The summed E-state index contributed by atoms with van der Waals surface area (Å²) in [6, 6.07) is 11.6. The number of rotatable bonds is 7. The second kappa shape index (κ2) is 7.94. The van der Waals surface area contributed by atoms with Gasteiger partial charge in [0.2, 0.25) is 20.0 Å². The number of carbonyl (C=O) groups is 1. The highest BCUT2D eigenvalue weighted by Gasteiger charge is 2.12. The van der Waals surface area contributed by atoms with Crippen molar-refractivity contribution in [1.29, 1.82) is 0 Å². The maximum absolute atomic E-state index is 11.9. The molecule has 0 spiro atoms. The second-order valence-corrected chi connectivity index (χ2v) is 9.21. The van der Waals surface area contributed by atoms with E-state index in [4.69, 9.17) is 9.88 Å². The summed E-state index contributed by atoms with van der Waals surface area (Å²) >= 11 is 0. The quantitative estimate of drug-likeness (QED) is 0.687. The molecule has 3 N–H and O–H groups in total. The summed E-state index contributed by atoms with van der Waals surface area (Å²) in [6.07, 6.45) is 1.09. The highest BCUT2D eigenvalue weighted by atomic mass is 32.2. The molecule has 0 saturated heterocycles. The fourth-order valence-corrected chi connectivity index (χ4v) is 3.04. The van der Waals surface area contributed by atoms with Crippen LogP contribution in [0.25, 0.3) is 0 Å². The van der Waals surface area contributed by atoms with Crippen molar-refractivity contribution in [1.82, 2.24) is 0 Å². The Morgan fingerprint density at radius 2 is 1.59 bits per heavy atom. The van der Waals surface area contributed by atoms with Crippen LogP contribution in [0, 0.1) is 0 Å². The van der Waals surface area contributed by atoms with Crippen molar-refractivity contribution in [2.24, 2.45) is 5.14 Å². The summed E-state index contributed by atoms with van der Waals surface area (Å²) in [4.78, 5) is 11.8. The molecule has 1 amide bonds. The normalized spacial score (nSPS) is 11.7. The van der Waals surface area contributed by atoms with Gasteiger partial charge in [-0.15, -0.1) is 0 Å². The number of sulfonamides is 2. The molecule has 0 aliphatic heterocycles. The fourth-order valence-electron chi connectivity index (χ4n) is 2.02. The lowest BCUT2D eigenvalue weighted by molar-refractivity contribution is -0.118. The number of hydrogen-bond acceptors (Lipinski definition) is 6. The van der Waals surface area contributed by atoms with Crippen molar-refractivity contribution < 1.29 is 26.4 Å². The summed E-state index contributed by atoms with van der Waals surface area (Å²) in [6.45, 7) is -0.280. The average molecular weight is 413 g/mol. The minimum atomic E-state index is -3.79. The van der Waals surface area contributed by atoms with Gasteiger partial charge in [0.15, 0.2) is 6.61 Å². The number of hydrogen-bond donors (Lipinski definition) is 2. The summed E-state index contributed by atoms with van der Waals surface area (Å²) < 4.78 is 51.8. The lowest BCUT2D eigenvalue weighted by Crippen LogP contribution is -2.24. The van der Waals surface area contributed by atoms with E-state index in [0.29, 0.717) is 17.1 Å². The molecule has 0 unspecified atom stereocenters. The second-order valence-electron chi connectivity index (χ2n) is 5.63. The Labute approximate surface area is 157 Å². The number of nitrogens with one attached hydrogen (secondary N) is 1. The lowest BCUT2D eigenvalue weighted by atomic mass is 10.3. The van der Waals surface area contributed by atoms with Crippen LogP contribution < -0.4 is 19.5 Å². The summed E-state index contributed by atoms with van der Waals surface area (Å²) in [7, 11) is -5.72. The summed E-state index contributed by atoms with van der Waals surface area (Å²) in [5, 5.41) is 7.55. The van der Waals surface area contributed by atoms with Gasteiger partial charge >= 0.3 is 0 Å². The first-order chi connectivity index (χ1) is 12.5. The van der Waals surface area contributed by atoms with Gasteiger partial charge in [-0.05, 0) is 48.5 Å². The topological polar surface area (TPSA) is 136 Å². The van der Waals surface area contributed by atoms with E-state index in [9.17, 15) is 21.6 Å². The Bertz CT molecular complexity index is 1020. The first-order valence-corrected chi connectivity index (χ1v) is 11.0. The Morgan fingerprint density at radius 3 is 2.07 bits per heavy atom. The van der Waals surface area contributed by atoms with Crippen molar-refractivity contribution in [3.05, 3.63) is 48.5 Å². The number of primary sulfonamides is 1. The molecule has 0 heterocycles. The van der Waals surface area contributed by atoms with Crippen LogP contribution in [0.15, 0.2) is 53.4 Å². The molecule has 27 heavy (non-hydrogen) atoms. The molecule has 0 bridgehead atoms. The van der Waals surface area contributed by atoms with Crippen molar-refractivity contribution in [3.8, 4) is 5.75 Å². The SMILES string of the molecule is CN(c1ccc(OCC(=O)Nc2ccc(S(N)(=O)=O)cc2)cc1)S(C)(=O)=O. The van der Waals surface area contributed by atoms with E-state index in [1.54, 1.807) is 24.3 Å². The molecule has 2 aromatic carbocycles. The maximum atomic E-state index is 11.9. The predicted molar refractivity (Wildman–Crippen MR) is 102 cm³/mol. The monoisotopic (exact) mass is 413 g/mol. The van der Waals surface area contributed by atoms with Crippen LogP contribution in [0.4, 0.5) is 11.4 Å². The first kappa shape index (κ1) is 20.7. The largest absolute Gasteiger partial charge is 0.484 e. The van der Waals surface area contributed by atoms with E-state index in [1.165, 1.54) is 31.3 Å². The minimum absolute atomic E-state index is 0.0594. The molecule has 0 aromatic heterocycles. The molecule has 0 saturated carbocycles. The van der Waals surface area contributed by atoms with Crippen LogP contribution in [0.2, 0.25) is 0 Å². The van der Waals surface area contributed by atoms with Gasteiger partial charge in [0.05, 0.1) is 16.8 Å². The number of carbonyl (C=O) groups excluding carboxylic acids is 1. The highest BCUT2D eigenvalue weighted by Crippen LogP contribution is 2.20. The van der Waals surface area contributed by atoms with Gasteiger partial charge in [-0.1, -0.05) is 0 Å². The van der Waals surface area contributed by atoms with E-state index in [0.717, 1.165) is 10.6 Å². The van der Waals surface area contributed by atoms with Crippen molar-refractivity contribution >= 4 is 37.3 Å². The molecule has 0 radical (unpaired) electrons. The molecule has 2 aromatic rings. The van der Waals surface area contributed by atoms with Crippen molar-refractivity contribution in [2.75, 3.05) is 29.5 Å². The van der Waals surface area contributed by atoms with Gasteiger partial charge < -0.3 is 10.1 Å². The zero-order valence-electron chi connectivity index (χ0n) is 14.6. The van der Waals surface area contributed by atoms with Gasteiger partial charge in [0.25, 0.3) is 5.91 Å². The smallest absolute Gasteiger partial charge is 0.262 e. The fraction of sp³-hybridized carbons (Fsp3) is 0.188. The van der Waals surface area contributed by atoms with E-state index < -0.39 is 26.0 Å². The molecule has 2 rings (SSSR count). The van der Waals surface area contributed by atoms with E-state index in [-0.39, 0.29) is 11.5 Å². The van der Waals surface area contributed by atoms with Crippen LogP contribution in [-0.4, -0.2) is 42.7 Å². The third-order valence-corrected chi connectivity index (χ3v) is 5.67. The predicted octanol–water partition coefficient (Wildman–Crippen LogP) is 0.747. The van der Waals surface area contributed by atoms with Crippen LogP contribution >= 0.6 is 0 Å². The van der Waals surface area contributed by atoms with E-state index >= 15 is 0 Å². The molecule has 0 aliphatic carbocycles. The lowest BCUT2D eigenvalue weighted by Gasteiger charge is -2.16. The van der Waals surface area contributed by atoms with E-state index in [1.807, 2.05) is 0 Å². The van der Waals surface area contributed by atoms with Gasteiger partial charge in [0.1, 0.15) is 5.75 Å². The molecule has 0 aliphatic rings. The number of nitrogens with two attached hydrogens (primary N) is 1. The highest BCUT2D eigenvalue weighted by molar-refractivity contribution is 7.92. The van der Waals surface area contributed by atoms with Crippen molar-refractivity contribution in [2.45, 2.75) is 4.90 Å². The van der Waals surface area contributed by atoms with Crippen LogP contribution in [0.3, 0.4) is 0 Å². The van der Waals surface area contributed by atoms with Crippen LogP contribution in [0.5, 0.6) is 5.75 Å². The Balaban J connectivity index is 1.92. The molecule has 146 valence electrons. The Morgan fingerprint density at radius 1 is 1.04 bits per heavy atom. The number of amides is 1. The zero-order valence-corrected chi connectivity index (χ0v) is 16.2. The van der Waals surface area contributed by atoms with Crippen LogP contribution in [0.1, 0.15) is 0 Å². The first-order valence-electron chi connectivity index (χ1n) is 7.56. The van der Waals surface area contributed by atoms with Crippen LogP contribution in [-0.2, 0) is 24.8 Å². The molecular weight excluding hydrogens is 394 g/mol. The molecule has 9 nitrogen and oxygen atoms in total. The van der Waals surface area contributed by atoms with Gasteiger partial charge in [-0.25, -0.2) is 22.0 Å². The molecule has 0 fully saturated rings.